The molecule has 0 spiro atoms. The molecule has 0 radical (unpaired) electrons. The van der Waals surface area contributed by atoms with E-state index in [1.807, 2.05) is 60.7 Å². The zero-order valence-electron chi connectivity index (χ0n) is 13.6. The molecule has 3 aromatic carbocycles. The summed E-state index contributed by atoms with van der Waals surface area (Å²) in [5.74, 6) is 0.639. The van der Waals surface area contributed by atoms with Crippen molar-refractivity contribution in [1.29, 1.82) is 0 Å². The second kappa shape index (κ2) is 8.49. The van der Waals surface area contributed by atoms with Crippen LogP contribution in [0.3, 0.4) is 0 Å². The van der Waals surface area contributed by atoms with Crippen LogP contribution in [0.15, 0.2) is 83.3 Å². The molecule has 0 unspecified atom stereocenters. The number of carbonyl (C=O) groups excluding carboxylic acids is 1. The number of amides is 1. The van der Waals surface area contributed by atoms with Crippen molar-refractivity contribution in [2.45, 2.75) is 6.42 Å². The maximum Gasteiger partial charge on any atom is 0.256 e. The fourth-order valence-corrected chi connectivity index (χ4v) is 2.87. The number of ether oxygens (including phenoxy) is 1. The smallest absolute Gasteiger partial charge is 0.256 e. The first-order valence-corrected chi connectivity index (χ1v) is 8.84. The highest BCUT2D eigenvalue weighted by molar-refractivity contribution is 9.10. The number of nitrogens with one attached hydrogen (secondary N) is 1. The molecule has 0 bridgehead atoms. The lowest BCUT2D eigenvalue weighted by Crippen LogP contribution is -2.12. The summed E-state index contributed by atoms with van der Waals surface area (Å²) in [4.78, 5) is 12.3. The third-order valence-electron chi connectivity index (χ3n) is 3.73. The zero-order chi connectivity index (χ0) is 17.5. The molecular formula is C21H18BrNO2. The van der Waals surface area contributed by atoms with Gasteiger partial charge in [0.25, 0.3) is 5.91 Å². The maximum atomic E-state index is 12.3. The molecule has 1 N–H and O–H groups in total. The highest BCUT2D eigenvalue weighted by atomic mass is 79.9. The molecule has 0 aromatic heterocycles. The third kappa shape index (κ3) is 4.94. The Morgan fingerprint density at radius 1 is 0.880 bits per heavy atom. The van der Waals surface area contributed by atoms with E-state index in [0.29, 0.717) is 12.2 Å². The van der Waals surface area contributed by atoms with Crippen molar-refractivity contribution in [3.63, 3.8) is 0 Å². The molecule has 0 heterocycles. The normalized spacial score (nSPS) is 10.3. The Kier molecular flexibility index (Phi) is 5.86. The summed E-state index contributed by atoms with van der Waals surface area (Å²) in [6, 6.07) is 25.0. The number of halogens is 1. The van der Waals surface area contributed by atoms with Gasteiger partial charge in [-0.1, -0.05) is 42.5 Å². The summed E-state index contributed by atoms with van der Waals surface area (Å²) in [5, 5.41) is 2.88. The van der Waals surface area contributed by atoms with Crippen LogP contribution in [0, 0.1) is 0 Å². The van der Waals surface area contributed by atoms with Gasteiger partial charge in [-0.05, 0) is 57.9 Å². The van der Waals surface area contributed by atoms with Gasteiger partial charge in [-0.2, -0.15) is 0 Å². The standard InChI is InChI=1S/C21H18BrNO2/c22-20-9-5-4-8-19(20)21(24)23-17-10-12-18(13-11-17)25-15-14-16-6-2-1-3-7-16/h1-13H,14-15H2,(H,23,24). The predicted molar refractivity (Wildman–Crippen MR) is 104 cm³/mol. The first-order chi connectivity index (χ1) is 12.2. The topological polar surface area (TPSA) is 38.3 Å². The molecule has 0 aliphatic heterocycles. The first kappa shape index (κ1) is 17.2. The molecular weight excluding hydrogens is 378 g/mol. The van der Waals surface area contributed by atoms with Gasteiger partial charge in [-0.25, -0.2) is 0 Å². The third-order valence-corrected chi connectivity index (χ3v) is 4.42. The number of hydrogen-bond acceptors (Lipinski definition) is 2. The van der Waals surface area contributed by atoms with Crippen molar-refractivity contribution < 1.29 is 9.53 Å². The lowest BCUT2D eigenvalue weighted by Gasteiger charge is -2.09. The molecule has 3 aromatic rings. The van der Waals surface area contributed by atoms with Crippen molar-refractivity contribution in [3.8, 4) is 5.75 Å². The minimum absolute atomic E-state index is 0.148. The van der Waals surface area contributed by atoms with Crippen LogP contribution < -0.4 is 10.1 Å². The highest BCUT2D eigenvalue weighted by Crippen LogP contribution is 2.20. The largest absolute Gasteiger partial charge is 0.493 e. The van der Waals surface area contributed by atoms with E-state index in [1.165, 1.54) is 5.56 Å². The average molecular weight is 396 g/mol. The summed E-state index contributed by atoms with van der Waals surface area (Å²) >= 11 is 3.39. The Hall–Kier alpha value is -2.59. The van der Waals surface area contributed by atoms with Crippen molar-refractivity contribution in [2.24, 2.45) is 0 Å². The van der Waals surface area contributed by atoms with Gasteiger partial charge in [-0.3, -0.25) is 4.79 Å². The van der Waals surface area contributed by atoms with Crippen LogP contribution in [-0.2, 0) is 6.42 Å². The Bertz CT molecular complexity index is 832. The summed E-state index contributed by atoms with van der Waals surface area (Å²) < 4.78 is 6.53. The zero-order valence-corrected chi connectivity index (χ0v) is 15.2. The van der Waals surface area contributed by atoms with Crippen LogP contribution in [0.1, 0.15) is 15.9 Å². The minimum Gasteiger partial charge on any atom is -0.493 e. The average Bonchev–Trinajstić information content (AvgIpc) is 2.64. The molecule has 4 heteroatoms. The molecule has 3 nitrogen and oxygen atoms in total. The monoisotopic (exact) mass is 395 g/mol. The quantitative estimate of drug-likeness (QED) is 0.612. The fourth-order valence-electron chi connectivity index (χ4n) is 2.41. The molecule has 0 aliphatic rings. The van der Waals surface area contributed by atoms with Crippen molar-refractivity contribution in [2.75, 3.05) is 11.9 Å². The van der Waals surface area contributed by atoms with E-state index < -0.39 is 0 Å². The van der Waals surface area contributed by atoms with Crippen LogP contribution in [0.4, 0.5) is 5.69 Å². The molecule has 0 atom stereocenters. The number of anilines is 1. The summed E-state index contributed by atoms with van der Waals surface area (Å²) in [6.45, 7) is 0.618. The van der Waals surface area contributed by atoms with Crippen LogP contribution in [0.5, 0.6) is 5.75 Å². The first-order valence-electron chi connectivity index (χ1n) is 8.05. The molecule has 1 amide bonds. The number of benzene rings is 3. The van der Waals surface area contributed by atoms with Crippen LogP contribution >= 0.6 is 15.9 Å². The SMILES string of the molecule is O=C(Nc1ccc(OCCc2ccccc2)cc1)c1ccccc1Br. The van der Waals surface area contributed by atoms with Gasteiger partial charge in [0.2, 0.25) is 0 Å². The Morgan fingerprint density at radius 2 is 1.56 bits per heavy atom. The van der Waals surface area contributed by atoms with Crippen molar-refractivity contribution in [3.05, 3.63) is 94.5 Å². The van der Waals surface area contributed by atoms with E-state index in [4.69, 9.17) is 4.74 Å². The van der Waals surface area contributed by atoms with Gasteiger partial charge in [0.05, 0.1) is 12.2 Å². The van der Waals surface area contributed by atoms with Gasteiger partial charge >= 0.3 is 0 Å². The van der Waals surface area contributed by atoms with Crippen molar-refractivity contribution >= 4 is 27.5 Å². The van der Waals surface area contributed by atoms with E-state index in [-0.39, 0.29) is 5.91 Å². The number of hydrogen-bond donors (Lipinski definition) is 1. The number of rotatable bonds is 6. The summed E-state index contributed by atoms with van der Waals surface area (Å²) in [6.07, 6.45) is 0.862. The van der Waals surface area contributed by atoms with Gasteiger partial charge in [0.15, 0.2) is 0 Å². The molecule has 0 saturated heterocycles. The van der Waals surface area contributed by atoms with E-state index in [2.05, 4.69) is 33.4 Å². The lowest BCUT2D eigenvalue weighted by atomic mass is 10.2. The van der Waals surface area contributed by atoms with Crippen molar-refractivity contribution in [1.82, 2.24) is 0 Å². The summed E-state index contributed by atoms with van der Waals surface area (Å²) in [5.41, 5.74) is 2.58. The lowest BCUT2D eigenvalue weighted by molar-refractivity contribution is 0.102. The van der Waals surface area contributed by atoms with E-state index in [1.54, 1.807) is 6.07 Å². The fraction of sp³-hybridized carbons (Fsp3) is 0.0952. The molecule has 3 rings (SSSR count). The van der Waals surface area contributed by atoms with E-state index >= 15 is 0 Å². The van der Waals surface area contributed by atoms with Gasteiger partial charge in [0, 0.05) is 16.6 Å². The van der Waals surface area contributed by atoms with Gasteiger partial charge < -0.3 is 10.1 Å². The van der Waals surface area contributed by atoms with Crippen LogP contribution in [0.2, 0.25) is 0 Å². The second-order valence-electron chi connectivity index (χ2n) is 5.54. The van der Waals surface area contributed by atoms with E-state index in [9.17, 15) is 4.79 Å². The van der Waals surface area contributed by atoms with Gasteiger partial charge in [0.1, 0.15) is 5.75 Å². The van der Waals surface area contributed by atoms with Crippen LogP contribution in [0.25, 0.3) is 0 Å². The number of carbonyl (C=O) groups is 1. The molecule has 25 heavy (non-hydrogen) atoms. The molecule has 0 saturated carbocycles. The van der Waals surface area contributed by atoms with Gasteiger partial charge in [-0.15, -0.1) is 0 Å². The minimum atomic E-state index is -0.148. The summed E-state index contributed by atoms with van der Waals surface area (Å²) in [7, 11) is 0. The molecule has 126 valence electrons. The molecule has 0 fully saturated rings. The Labute approximate surface area is 155 Å². The maximum absolute atomic E-state index is 12.3. The highest BCUT2D eigenvalue weighted by Gasteiger charge is 2.09. The Morgan fingerprint density at radius 3 is 2.28 bits per heavy atom. The van der Waals surface area contributed by atoms with Crippen LogP contribution in [-0.4, -0.2) is 12.5 Å². The second-order valence-corrected chi connectivity index (χ2v) is 6.40. The predicted octanol–water partition coefficient (Wildman–Crippen LogP) is 5.32. The Balaban J connectivity index is 1.53. The molecule has 0 aliphatic carbocycles. The van der Waals surface area contributed by atoms with E-state index in [0.717, 1.165) is 22.3 Å².